The second-order valence-electron chi connectivity index (χ2n) is 12.7. The molecular formula is C35H48N4O2. The van der Waals surface area contributed by atoms with Crippen LogP contribution in [-0.4, -0.2) is 35.9 Å². The molecule has 2 fully saturated rings. The number of aryl methyl sites for hydroxylation is 1. The third-order valence-corrected chi connectivity index (χ3v) is 9.59. The third-order valence-electron chi connectivity index (χ3n) is 9.59. The predicted octanol–water partition coefficient (Wildman–Crippen LogP) is 7.52. The second-order valence-corrected chi connectivity index (χ2v) is 12.7. The van der Waals surface area contributed by atoms with Crippen molar-refractivity contribution in [1.82, 2.24) is 9.78 Å². The van der Waals surface area contributed by atoms with Crippen molar-refractivity contribution in [3.63, 3.8) is 0 Å². The van der Waals surface area contributed by atoms with Crippen molar-refractivity contribution in [2.75, 3.05) is 25.1 Å². The van der Waals surface area contributed by atoms with Crippen LogP contribution in [0, 0.1) is 24.7 Å². The summed E-state index contributed by atoms with van der Waals surface area (Å²) in [6.07, 6.45) is 12.6. The number of ether oxygens (including phenoxy) is 1. The van der Waals surface area contributed by atoms with Crippen LogP contribution in [0.25, 0.3) is 11.1 Å². The number of benzene rings is 2. The zero-order chi connectivity index (χ0) is 28.9. The Morgan fingerprint density at radius 2 is 1.73 bits per heavy atom. The number of hydrogen-bond acceptors (Lipinski definition) is 4. The fraction of sp³-hybridized carbons (Fsp3) is 0.543. The lowest BCUT2D eigenvalue weighted by molar-refractivity contribution is -0.123. The average Bonchev–Trinajstić information content (AvgIpc) is 3.51. The molecule has 6 heteroatoms. The van der Waals surface area contributed by atoms with Crippen molar-refractivity contribution in [2.45, 2.75) is 84.1 Å². The van der Waals surface area contributed by atoms with Crippen molar-refractivity contribution in [3.05, 3.63) is 66.0 Å². The quantitative estimate of drug-likeness (QED) is 0.296. The molecule has 3 aromatic rings. The van der Waals surface area contributed by atoms with E-state index < -0.39 is 0 Å². The molecule has 1 heterocycles. The summed E-state index contributed by atoms with van der Waals surface area (Å²) in [5, 5.41) is 4.55. The van der Waals surface area contributed by atoms with Gasteiger partial charge in [0.05, 0.1) is 13.3 Å². The first-order valence-electron chi connectivity index (χ1n) is 15.7. The lowest BCUT2D eigenvalue weighted by Gasteiger charge is -2.36. The van der Waals surface area contributed by atoms with Gasteiger partial charge in [0, 0.05) is 36.0 Å². The van der Waals surface area contributed by atoms with Gasteiger partial charge in [0.15, 0.2) is 0 Å². The Balaban J connectivity index is 1.33. The number of aromatic nitrogens is 2. The first-order valence-corrected chi connectivity index (χ1v) is 15.7. The topological polar surface area (TPSA) is 73.4 Å². The van der Waals surface area contributed by atoms with E-state index in [2.05, 4.69) is 79.4 Å². The fourth-order valence-electron chi connectivity index (χ4n) is 6.90. The van der Waals surface area contributed by atoms with E-state index in [-0.39, 0.29) is 5.92 Å². The van der Waals surface area contributed by atoms with E-state index in [0.717, 1.165) is 87.0 Å². The van der Waals surface area contributed by atoms with E-state index in [1.165, 1.54) is 11.1 Å². The smallest absolute Gasteiger partial charge is 0.230 e. The van der Waals surface area contributed by atoms with Crippen molar-refractivity contribution in [2.24, 2.45) is 23.5 Å². The highest BCUT2D eigenvalue weighted by Gasteiger charge is 2.32. The minimum absolute atomic E-state index is 0.0868. The number of carbonyl (C=O) groups is 1. The van der Waals surface area contributed by atoms with E-state index in [1.54, 1.807) is 7.11 Å². The Labute approximate surface area is 246 Å². The summed E-state index contributed by atoms with van der Waals surface area (Å²) in [4.78, 5) is 16.3. The summed E-state index contributed by atoms with van der Waals surface area (Å²) >= 11 is 0. The molecule has 0 saturated heterocycles. The first-order chi connectivity index (χ1) is 19.9. The standard InChI is InChI=1S/C35H48N4O2/c1-24(2)39-23-32(21-37-39)30-6-5-7-33(19-30)38(35(40)29-14-8-26(20-36)9-15-29)22-27-10-12-28(13-11-27)31-16-17-34(41-4)25(3)18-31/h5-7,16-19,21,23-24,26-29H,8-15,20,22,36H2,1-4H3/t26-,27-,28-,29-. The van der Waals surface area contributed by atoms with Crippen LogP contribution in [0.5, 0.6) is 5.75 Å². The lowest BCUT2D eigenvalue weighted by atomic mass is 9.77. The molecule has 0 atom stereocenters. The number of amides is 1. The maximum atomic E-state index is 14.2. The normalized spacial score (nSPS) is 23.0. The largest absolute Gasteiger partial charge is 0.496 e. The zero-order valence-corrected chi connectivity index (χ0v) is 25.4. The van der Waals surface area contributed by atoms with Gasteiger partial charge in [-0.15, -0.1) is 0 Å². The highest BCUT2D eigenvalue weighted by atomic mass is 16.5. The van der Waals surface area contributed by atoms with Gasteiger partial charge in [0.2, 0.25) is 5.91 Å². The molecule has 0 spiro atoms. The Morgan fingerprint density at radius 1 is 1.00 bits per heavy atom. The summed E-state index contributed by atoms with van der Waals surface area (Å²) in [5.41, 5.74) is 11.8. The maximum absolute atomic E-state index is 14.2. The van der Waals surface area contributed by atoms with E-state index in [1.807, 2.05) is 10.9 Å². The molecule has 6 nitrogen and oxygen atoms in total. The number of nitrogens with two attached hydrogens (primary N) is 1. The maximum Gasteiger partial charge on any atom is 0.230 e. The van der Waals surface area contributed by atoms with Crippen molar-refractivity contribution in [3.8, 4) is 16.9 Å². The Hall–Kier alpha value is -3.12. The van der Waals surface area contributed by atoms with E-state index >= 15 is 0 Å². The highest BCUT2D eigenvalue weighted by molar-refractivity contribution is 5.95. The Kier molecular flexibility index (Phi) is 9.49. The molecule has 220 valence electrons. The van der Waals surface area contributed by atoms with Crippen molar-refractivity contribution >= 4 is 11.6 Å². The Morgan fingerprint density at radius 3 is 2.37 bits per heavy atom. The SMILES string of the molecule is COc1ccc([C@H]2CC[C@H](CN(c3cccc(-c4cnn(C(C)C)c4)c3)C(=O)[C@H]3CC[C@H](CN)CC3)CC2)cc1C. The molecule has 41 heavy (non-hydrogen) atoms. The summed E-state index contributed by atoms with van der Waals surface area (Å²) < 4.78 is 7.46. The zero-order valence-electron chi connectivity index (χ0n) is 25.4. The van der Waals surface area contributed by atoms with Crippen LogP contribution in [0.1, 0.15) is 88.3 Å². The van der Waals surface area contributed by atoms with Crippen LogP contribution in [0.15, 0.2) is 54.9 Å². The molecule has 1 amide bonds. The molecule has 2 aromatic carbocycles. The van der Waals surface area contributed by atoms with Gasteiger partial charge in [-0.2, -0.15) is 5.10 Å². The molecule has 0 bridgehead atoms. The number of anilines is 1. The monoisotopic (exact) mass is 556 g/mol. The van der Waals surface area contributed by atoms with Gasteiger partial charge in [-0.3, -0.25) is 9.48 Å². The van der Waals surface area contributed by atoms with Crippen LogP contribution < -0.4 is 15.4 Å². The predicted molar refractivity (Wildman–Crippen MR) is 167 cm³/mol. The summed E-state index contributed by atoms with van der Waals surface area (Å²) in [6, 6.07) is 15.5. The van der Waals surface area contributed by atoms with Gasteiger partial charge in [-0.25, -0.2) is 0 Å². The minimum atomic E-state index is 0.0868. The Bertz CT molecular complexity index is 1300. The second kappa shape index (κ2) is 13.2. The van der Waals surface area contributed by atoms with E-state index in [4.69, 9.17) is 10.5 Å². The first kappa shape index (κ1) is 29.4. The van der Waals surface area contributed by atoms with Gasteiger partial charge in [0.25, 0.3) is 0 Å². The van der Waals surface area contributed by atoms with Crippen LogP contribution >= 0.6 is 0 Å². The van der Waals surface area contributed by atoms with Crippen molar-refractivity contribution < 1.29 is 9.53 Å². The van der Waals surface area contributed by atoms with Gasteiger partial charge in [-0.1, -0.05) is 24.3 Å². The van der Waals surface area contributed by atoms with Gasteiger partial charge in [-0.05, 0) is 131 Å². The average molecular weight is 557 g/mol. The number of rotatable bonds is 9. The minimum Gasteiger partial charge on any atom is -0.496 e. The summed E-state index contributed by atoms with van der Waals surface area (Å²) in [7, 11) is 1.73. The summed E-state index contributed by atoms with van der Waals surface area (Å²) in [6.45, 7) is 7.92. The van der Waals surface area contributed by atoms with Gasteiger partial charge < -0.3 is 15.4 Å². The highest BCUT2D eigenvalue weighted by Crippen LogP contribution is 2.39. The van der Waals surface area contributed by atoms with Crippen LogP contribution in [0.3, 0.4) is 0 Å². The number of methoxy groups -OCH3 is 1. The molecule has 2 aliphatic rings. The van der Waals surface area contributed by atoms with Crippen LogP contribution in [-0.2, 0) is 4.79 Å². The van der Waals surface area contributed by atoms with E-state index in [0.29, 0.717) is 29.7 Å². The van der Waals surface area contributed by atoms with Crippen LogP contribution in [0.2, 0.25) is 0 Å². The molecule has 0 aliphatic heterocycles. The molecule has 2 saturated carbocycles. The molecule has 1 aromatic heterocycles. The van der Waals surface area contributed by atoms with Crippen LogP contribution in [0.4, 0.5) is 5.69 Å². The number of hydrogen-bond donors (Lipinski definition) is 1. The molecule has 5 rings (SSSR count). The molecule has 0 unspecified atom stereocenters. The van der Waals surface area contributed by atoms with E-state index in [9.17, 15) is 4.79 Å². The molecular weight excluding hydrogens is 508 g/mol. The molecule has 0 radical (unpaired) electrons. The molecule has 2 N–H and O–H groups in total. The van der Waals surface area contributed by atoms with Gasteiger partial charge >= 0.3 is 0 Å². The summed E-state index contributed by atoms with van der Waals surface area (Å²) in [5.74, 6) is 2.97. The molecule has 2 aliphatic carbocycles. The van der Waals surface area contributed by atoms with Crippen molar-refractivity contribution in [1.29, 1.82) is 0 Å². The van der Waals surface area contributed by atoms with Gasteiger partial charge in [0.1, 0.15) is 5.75 Å². The third kappa shape index (κ3) is 6.86. The number of nitrogens with zero attached hydrogens (tertiary/aromatic N) is 3. The lowest BCUT2D eigenvalue weighted by Crippen LogP contribution is -2.41. The fourth-order valence-corrected chi connectivity index (χ4v) is 6.90. The number of carbonyl (C=O) groups excluding carboxylic acids is 1.